The van der Waals surface area contributed by atoms with E-state index in [1.165, 1.54) is 0 Å². The van der Waals surface area contributed by atoms with Crippen molar-refractivity contribution in [3.05, 3.63) is 56.4 Å². The second kappa shape index (κ2) is 8.59. The predicted octanol–water partition coefficient (Wildman–Crippen LogP) is 6.14. The number of nitrogens with zero attached hydrogens (tertiary/aromatic N) is 1. The van der Waals surface area contributed by atoms with Crippen molar-refractivity contribution in [3.63, 3.8) is 0 Å². The van der Waals surface area contributed by atoms with E-state index in [-0.39, 0.29) is 17.3 Å². The molecule has 0 unspecified atom stereocenters. The van der Waals surface area contributed by atoms with E-state index < -0.39 is 0 Å². The molecule has 1 aliphatic rings. The number of imide groups is 1. The van der Waals surface area contributed by atoms with Gasteiger partial charge in [0.05, 0.1) is 28.3 Å². The topological polar surface area (TPSA) is 55.8 Å². The van der Waals surface area contributed by atoms with Crippen molar-refractivity contribution in [3.8, 4) is 11.5 Å². The van der Waals surface area contributed by atoms with E-state index in [1.54, 1.807) is 43.5 Å². The molecule has 0 aromatic heterocycles. The van der Waals surface area contributed by atoms with Crippen LogP contribution in [0.1, 0.15) is 19.4 Å². The molecule has 0 atom stereocenters. The number of rotatable bonds is 5. The van der Waals surface area contributed by atoms with Gasteiger partial charge in [-0.25, -0.2) is 4.90 Å². The van der Waals surface area contributed by atoms with Crippen molar-refractivity contribution < 1.29 is 19.1 Å². The predicted molar refractivity (Wildman–Crippen MR) is 116 cm³/mol. The molecule has 1 saturated heterocycles. The molecule has 1 fully saturated rings. The summed E-state index contributed by atoms with van der Waals surface area (Å²) in [6.45, 7) is 3.85. The average molecular weight is 483 g/mol. The van der Waals surface area contributed by atoms with Crippen LogP contribution in [0.25, 0.3) is 6.08 Å². The smallest absolute Gasteiger partial charge is 0.298 e. The van der Waals surface area contributed by atoms with Crippen LogP contribution in [0.15, 0.2) is 45.8 Å². The van der Waals surface area contributed by atoms with Gasteiger partial charge in [-0.15, -0.1) is 0 Å². The fraction of sp³-hybridized carbons (Fsp3) is 0.200. The van der Waals surface area contributed by atoms with Gasteiger partial charge >= 0.3 is 0 Å². The summed E-state index contributed by atoms with van der Waals surface area (Å²) in [4.78, 5) is 26.6. The van der Waals surface area contributed by atoms with Gasteiger partial charge in [-0.3, -0.25) is 9.59 Å². The molecule has 1 aliphatic heterocycles. The zero-order valence-electron chi connectivity index (χ0n) is 15.4. The van der Waals surface area contributed by atoms with Gasteiger partial charge in [-0.1, -0.05) is 11.6 Å². The molecule has 0 radical (unpaired) electrons. The third-order valence-electron chi connectivity index (χ3n) is 3.78. The van der Waals surface area contributed by atoms with Gasteiger partial charge in [0.15, 0.2) is 11.5 Å². The number of ether oxygens (including phenoxy) is 2. The van der Waals surface area contributed by atoms with Crippen LogP contribution in [0, 0.1) is 0 Å². The van der Waals surface area contributed by atoms with Crippen molar-refractivity contribution in [1.29, 1.82) is 0 Å². The van der Waals surface area contributed by atoms with Gasteiger partial charge in [0.2, 0.25) is 0 Å². The Labute approximate surface area is 180 Å². The number of hydrogen-bond acceptors (Lipinski definition) is 5. The molecule has 146 valence electrons. The summed E-state index contributed by atoms with van der Waals surface area (Å²) >= 11 is 10.3. The SMILES string of the molecule is COc1cc(/C=C2/SC(=O)N(c3ccc(Cl)cc3)C2=O)cc(Br)c1OC(C)C. The molecule has 0 bridgehead atoms. The Kier molecular flexibility index (Phi) is 6.37. The van der Waals surface area contributed by atoms with E-state index in [2.05, 4.69) is 15.9 Å². The van der Waals surface area contributed by atoms with Gasteiger partial charge < -0.3 is 9.47 Å². The second-order valence-corrected chi connectivity index (χ2v) is 8.48. The lowest BCUT2D eigenvalue weighted by Crippen LogP contribution is -2.27. The zero-order chi connectivity index (χ0) is 20.4. The first kappa shape index (κ1) is 20.8. The van der Waals surface area contributed by atoms with Crippen LogP contribution >= 0.6 is 39.3 Å². The highest BCUT2D eigenvalue weighted by atomic mass is 79.9. The molecule has 0 spiro atoms. The van der Waals surface area contributed by atoms with E-state index in [4.69, 9.17) is 21.1 Å². The summed E-state index contributed by atoms with van der Waals surface area (Å²) in [6.07, 6.45) is 1.64. The number of anilines is 1. The molecule has 2 aromatic rings. The minimum Gasteiger partial charge on any atom is -0.493 e. The molecular weight excluding hydrogens is 466 g/mol. The largest absolute Gasteiger partial charge is 0.493 e. The maximum absolute atomic E-state index is 12.8. The van der Waals surface area contributed by atoms with Crippen LogP contribution in [0.4, 0.5) is 10.5 Å². The summed E-state index contributed by atoms with van der Waals surface area (Å²) in [7, 11) is 1.55. The molecule has 28 heavy (non-hydrogen) atoms. The van der Waals surface area contributed by atoms with E-state index in [1.807, 2.05) is 19.9 Å². The monoisotopic (exact) mass is 481 g/mol. The Morgan fingerprint density at radius 3 is 2.46 bits per heavy atom. The molecule has 1 heterocycles. The third-order valence-corrected chi connectivity index (χ3v) is 5.49. The Hall–Kier alpha value is -1.96. The van der Waals surface area contributed by atoms with Gasteiger partial charge in [-0.2, -0.15) is 0 Å². The standard InChI is InChI=1S/C20H17BrClNO4S/c1-11(2)27-18-15(21)8-12(9-16(18)26-3)10-17-19(24)23(20(25)28-17)14-6-4-13(22)5-7-14/h4-11H,1-3H3/b17-10+. The zero-order valence-corrected chi connectivity index (χ0v) is 18.5. The Morgan fingerprint density at radius 2 is 1.86 bits per heavy atom. The van der Waals surface area contributed by atoms with Gasteiger partial charge in [0.25, 0.3) is 11.1 Å². The van der Waals surface area contributed by atoms with Crippen molar-refractivity contribution in [1.82, 2.24) is 0 Å². The summed E-state index contributed by atoms with van der Waals surface area (Å²) in [5.74, 6) is 0.741. The van der Waals surface area contributed by atoms with Crippen LogP contribution in [-0.2, 0) is 4.79 Å². The number of methoxy groups -OCH3 is 1. The maximum atomic E-state index is 12.8. The molecule has 3 rings (SSSR count). The van der Waals surface area contributed by atoms with E-state index in [0.29, 0.717) is 37.2 Å². The van der Waals surface area contributed by atoms with Crippen LogP contribution < -0.4 is 14.4 Å². The molecule has 0 saturated carbocycles. The molecule has 0 aliphatic carbocycles. The lowest BCUT2D eigenvalue weighted by molar-refractivity contribution is -0.113. The molecule has 5 nitrogen and oxygen atoms in total. The lowest BCUT2D eigenvalue weighted by Gasteiger charge is -2.16. The number of benzene rings is 2. The van der Waals surface area contributed by atoms with E-state index in [0.717, 1.165) is 16.7 Å². The van der Waals surface area contributed by atoms with Crippen LogP contribution in [0.5, 0.6) is 11.5 Å². The van der Waals surface area contributed by atoms with E-state index in [9.17, 15) is 9.59 Å². The van der Waals surface area contributed by atoms with Gasteiger partial charge in [0.1, 0.15) is 0 Å². The first-order valence-corrected chi connectivity index (χ1v) is 10.4. The number of carbonyl (C=O) groups excluding carboxylic acids is 2. The fourth-order valence-electron chi connectivity index (χ4n) is 2.61. The summed E-state index contributed by atoms with van der Waals surface area (Å²) < 4.78 is 11.9. The maximum Gasteiger partial charge on any atom is 0.298 e. The number of thioether (sulfide) groups is 1. The van der Waals surface area contributed by atoms with Crippen molar-refractivity contribution in [2.24, 2.45) is 0 Å². The first-order chi connectivity index (χ1) is 13.3. The normalized spacial score (nSPS) is 15.6. The van der Waals surface area contributed by atoms with Gasteiger partial charge in [0, 0.05) is 5.02 Å². The van der Waals surface area contributed by atoms with Crippen molar-refractivity contribution in [2.75, 3.05) is 12.0 Å². The van der Waals surface area contributed by atoms with Gasteiger partial charge in [-0.05, 0) is 89.6 Å². The van der Waals surface area contributed by atoms with Crippen molar-refractivity contribution in [2.45, 2.75) is 20.0 Å². The first-order valence-electron chi connectivity index (χ1n) is 8.38. The molecule has 2 aromatic carbocycles. The van der Waals surface area contributed by atoms with E-state index >= 15 is 0 Å². The number of amides is 2. The quantitative estimate of drug-likeness (QED) is 0.479. The Balaban J connectivity index is 1.93. The molecule has 2 amide bonds. The van der Waals surface area contributed by atoms with Crippen LogP contribution in [-0.4, -0.2) is 24.4 Å². The minimum absolute atomic E-state index is 0.0214. The average Bonchev–Trinajstić information content (AvgIpc) is 2.91. The highest BCUT2D eigenvalue weighted by molar-refractivity contribution is 9.10. The summed E-state index contributed by atoms with van der Waals surface area (Å²) in [5, 5.41) is 0.177. The van der Waals surface area contributed by atoms with Crippen LogP contribution in [0.2, 0.25) is 5.02 Å². The number of halogens is 2. The highest BCUT2D eigenvalue weighted by Crippen LogP contribution is 2.40. The second-order valence-electron chi connectivity index (χ2n) is 6.19. The molecular formula is C20H17BrClNO4S. The molecule has 8 heteroatoms. The summed E-state index contributed by atoms with van der Waals surface area (Å²) in [6, 6.07) is 10.1. The fourth-order valence-corrected chi connectivity index (χ4v) is 4.13. The Bertz CT molecular complexity index is 959. The number of hydrogen-bond donors (Lipinski definition) is 0. The van der Waals surface area contributed by atoms with Crippen molar-refractivity contribution >= 4 is 62.2 Å². The third kappa shape index (κ3) is 4.37. The lowest BCUT2D eigenvalue weighted by atomic mass is 10.1. The highest BCUT2D eigenvalue weighted by Gasteiger charge is 2.36. The molecule has 0 N–H and O–H groups in total. The summed E-state index contributed by atoms with van der Waals surface area (Å²) in [5.41, 5.74) is 1.19. The number of carbonyl (C=O) groups is 2. The van der Waals surface area contributed by atoms with Crippen LogP contribution in [0.3, 0.4) is 0 Å². The Morgan fingerprint density at radius 1 is 1.18 bits per heavy atom. The minimum atomic E-state index is -0.380.